The molecule has 1 aliphatic carbocycles. The minimum absolute atomic E-state index is 0.0576. The van der Waals surface area contributed by atoms with Crippen LogP contribution in [0.25, 0.3) is 0 Å². The number of carbonyl (C=O) groups is 1. The first-order valence-corrected chi connectivity index (χ1v) is 8.35. The molecule has 1 fully saturated rings. The average Bonchev–Trinajstić information content (AvgIpc) is 3.47. The summed E-state index contributed by atoms with van der Waals surface area (Å²) in [5, 5.41) is 2.97. The molecule has 1 aromatic carbocycles. The number of pyridine rings is 1. The maximum atomic E-state index is 13.0. The van der Waals surface area contributed by atoms with Crippen molar-refractivity contribution in [1.29, 1.82) is 0 Å². The van der Waals surface area contributed by atoms with Crippen molar-refractivity contribution in [3.8, 4) is 11.5 Å². The van der Waals surface area contributed by atoms with Gasteiger partial charge in [-0.15, -0.1) is 0 Å². The van der Waals surface area contributed by atoms with E-state index in [1.807, 2.05) is 24.0 Å². The second-order valence-electron chi connectivity index (χ2n) is 6.10. The number of nitrogens with zero attached hydrogens (tertiary/aromatic N) is 2. The molecule has 2 amide bonds. The number of methoxy groups -OCH3 is 2. The summed E-state index contributed by atoms with van der Waals surface area (Å²) in [6.45, 7) is 2.03. The Bertz CT molecular complexity index is 732. The van der Waals surface area contributed by atoms with E-state index in [1.54, 1.807) is 44.8 Å². The Hall–Kier alpha value is -2.76. The number of anilines is 1. The highest BCUT2D eigenvalue weighted by atomic mass is 16.5. The molecule has 132 valence electrons. The third-order valence-electron chi connectivity index (χ3n) is 4.41. The van der Waals surface area contributed by atoms with Gasteiger partial charge in [0.2, 0.25) is 0 Å². The van der Waals surface area contributed by atoms with Crippen LogP contribution in [0.1, 0.15) is 31.4 Å². The lowest BCUT2D eigenvalue weighted by Crippen LogP contribution is -2.38. The van der Waals surface area contributed by atoms with Crippen LogP contribution in [0.3, 0.4) is 0 Å². The van der Waals surface area contributed by atoms with Crippen LogP contribution in [0.15, 0.2) is 42.7 Å². The van der Waals surface area contributed by atoms with Crippen molar-refractivity contribution in [2.75, 3.05) is 19.5 Å². The molecule has 1 heterocycles. The third-order valence-corrected chi connectivity index (χ3v) is 4.41. The Kier molecular flexibility index (Phi) is 5.07. The van der Waals surface area contributed by atoms with Crippen molar-refractivity contribution in [3.05, 3.63) is 48.3 Å². The van der Waals surface area contributed by atoms with Gasteiger partial charge in [0.05, 0.1) is 25.9 Å². The van der Waals surface area contributed by atoms with Crippen molar-refractivity contribution < 1.29 is 14.3 Å². The number of amides is 2. The maximum absolute atomic E-state index is 13.0. The van der Waals surface area contributed by atoms with Crippen LogP contribution in [0.2, 0.25) is 0 Å². The maximum Gasteiger partial charge on any atom is 0.322 e. The smallest absolute Gasteiger partial charge is 0.322 e. The molecule has 6 heteroatoms. The summed E-state index contributed by atoms with van der Waals surface area (Å²) >= 11 is 0. The van der Waals surface area contributed by atoms with Crippen LogP contribution in [-0.2, 0) is 0 Å². The molecular weight excluding hydrogens is 318 g/mol. The molecule has 1 aliphatic rings. The molecule has 0 radical (unpaired) electrons. The molecule has 0 spiro atoms. The van der Waals surface area contributed by atoms with E-state index in [0.29, 0.717) is 17.2 Å². The van der Waals surface area contributed by atoms with Gasteiger partial charge in [-0.1, -0.05) is 6.07 Å². The van der Waals surface area contributed by atoms with Gasteiger partial charge in [-0.3, -0.25) is 4.98 Å². The summed E-state index contributed by atoms with van der Waals surface area (Å²) < 4.78 is 10.6. The standard InChI is InChI=1S/C19H23N3O3/c1-13(14-5-4-10-20-12-14)22(15-6-7-15)19(23)21-17-11-16(24-2)8-9-18(17)25-3/h4-5,8-13,15H,6-7H2,1-3H3,(H,21,23)/t13-/m0/s1. The van der Waals surface area contributed by atoms with Gasteiger partial charge in [-0.05, 0) is 43.5 Å². The molecule has 1 saturated carbocycles. The first-order valence-electron chi connectivity index (χ1n) is 8.35. The molecule has 25 heavy (non-hydrogen) atoms. The highest BCUT2D eigenvalue weighted by Gasteiger charge is 2.36. The Morgan fingerprint density at radius 1 is 1.28 bits per heavy atom. The highest BCUT2D eigenvalue weighted by Crippen LogP contribution is 2.36. The summed E-state index contributed by atoms with van der Waals surface area (Å²) in [6.07, 6.45) is 5.58. The first kappa shape index (κ1) is 17.1. The molecule has 1 N–H and O–H groups in total. The normalized spacial score (nSPS) is 14.5. The number of hydrogen-bond donors (Lipinski definition) is 1. The molecule has 0 aliphatic heterocycles. The van der Waals surface area contributed by atoms with Crippen LogP contribution in [0, 0.1) is 0 Å². The van der Waals surface area contributed by atoms with Gasteiger partial charge in [-0.2, -0.15) is 0 Å². The summed E-state index contributed by atoms with van der Waals surface area (Å²) in [5.74, 6) is 1.26. The van der Waals surface area contributed by atoms with E-state index in [1.165, 1.54) is 0 Å². The number of carbonyl (C=O) groups excluding carboxylic acids is 1. The van der Waals surface area contributed by atoms with Crippen LogP contribution in [0.4, 0.5) is 10.5 Å². The van der Waals surface area contributed by atoms with Crippen molar-refractivity contribution in [1.82, 2.24) is 9.88 Å². The molecule has 6 nitrogen and oxygen atoms in total. The fourth-order valence-corrected chi connectivity index (χ4v) is 2.89. The Morgan fingerprint density at radius 3 is 2.68 bits per heavy atom. The minimum Gasteiger partial charge on any atom is -0.497 e. The van der Waals surface area contributed by atoms with E-state index in [0.717, 1.165) is 18.4 Å². The lowest BCUT2D eigenvalue weighted by molar-refractivity contribution is 0.188. The Balaban J connectivity index is 1.82. The number of hydrogen-bond acceptors (Lipinski definition) is 4. The van der Waals surface area contributed by atoms with Crippen molar-refractivity contribution in [2.45, 2.75) is 31.8 Å². The zero-order valence-electron chi connectivity index (χ0n) is 14.7. The van der Waals surface area contributed by atoms with Crippen LogP contribution < -0.4 is 14.8 Å². The average molecular weight is 341 g/mol. The topological polar surface area (TPSA) is 63.7 Å². The predicted octanol–water partition coefficient (Wildman–Crippen LogP) is 3.86. The number of aromatic nitrogens is 1. The Labute approximate surface area is 147 Å². The summed E-state index contributed by atoms with van der Waals surface area (Å²) in [5.41, 5.74) is 1.61. The molecular formula is C19H23N3O3. The van der Waals surface area contributed by atoms with Crippen LogP contribution in [0.5, 0.6) is 11.5 Å². The van der Waals surface area contributed by atoms with E-state index in [-0.39, 0.29) is 18.1 Å². The Morgan fingerprint density at radius 2 is 2.08 bits per heavy atom. The van der Waals surface area contributed by atoms with E-state index < -0.39 is 0 Å². The number of urea groups is 1. The molecule has 2 aromatic rings. The number of ether oxygens (including phenoxy) is 2. The fraction of sp³-hybridized carbons (Fsp3) is 0.368. The molecule has 3 rings (SSSR count). The van der Waals surface area contributed by atoms with E-state index in [4.69, 9.17) is 9.47 Å². The van der Waals surface area contributed by atoms with Gasteiger partial charge in [0.25, 0.3) is 0 Å². The van der Waals surface area contributed by atoms with Crippen LogP contribution >= 0.6 is 0 Å². The van der Waals surface area contributed by atoms with Gasteiger partial charge in [0, 0.05) is 24.5 Å². The van der Waals surface area contributed by atoms with Crippen molar-refractivity contribution in [2.24, 2.45) is 0 Å². The number of benzene rings is 1. The second-order valence-corrected chi connectivity index (χ2v) is 6.10. The molecule has 1 aromatic heterocycles. The van der Waals surface area contributed by atoms with E-state index in [2.05, 4.69) is 10.3 Å². The molecule has 0 unspecified atom stereocenters. The first-order chi connectivity index (χ1) is 12.1. The zero-order valence-corrected chi connectivity index (χ0v) is 14.7. The molecule has 1 atom stereocenters. The van der Waals surface area contributed by atoms with Gasteiger partial charge in [0.1, 0.15) is 11.5 Å². The van der Waals surface area contributed by atoms with Gasteiger partial charge >= 0.3 is 6.03 Å². The monoisotopic (exact) mass is 341 g/mol. The minimum atomic E-state index is -0.148. The highest BCUT2D eigenvalue weighted by molar-refractivity contribution is 5.92. The lowest BCUT2D eigenvalue weighted by atomic mass is 10.1. The van der Waals surface area contributed by atoms with Crippen LogP contribution in [-0.4, -0.2) is 36.2 Å². The quantitative estimate of drug-likeness (QED) is 0.867. The second kappa shape index (κ2) is 7.42. The molecule has 0 saturated heterocycles. The van der Waals surface area contributed by atoms with Gasteiger partial charge in [-0.25, -0.2) is 4.79 Å². The summed E-state index contributed by atoms with van der Waals surface area (Å²) in [6, 6.07) is 9.27. The van der Waals surface area contributed by atoms with Crippen molar-refractivity contribution in [3.63, 3.8) is 0 Å². The van der Waals surface area contributed by atoms with Crippen molar-refractivity contribution >= 4 is 11.7 Å². The number of nitrogens with one attached hydrogen (secondary N) is 1. The zero-order chi connectivity index (χ0) is 17.8. The van der Waals surface area contributed by atoms with Gasteiger partial charge in [0.15, 0.2) is 0 Å². The molecule has 0 bridgehead atoms. The van der Waals surface area contributed by atoms with Gasteiger partial charge < -0.3 is 19.7 Å². The SMILES string of the molecule is COc1ccc(OC)c(NC(=O)N(C2CC2)[C@@H](C)c2cccnc2)c1. The summed E-state index contributed by atoms with van der Waals surface area (Å²) in [7, 11) is 3.17. The summed E-state index contributed by atoms with van der Waals surface area (Å²) in [4.78, 5) is 19.0. The van der Waals surface area contributed by atoms with E-state index >= 15 is 0 Å². The largest absolute Gasteiger partial charge is 0.497 e. The number of rotatable bonds is 6. The van der Waals surface area contributed by atoms with E-state index in [9.17, 15) is 4.79 Å². The lowest BCUT2D eigenvalue weighted by Gasteiger charge is -2.30. The fourth-order valence-electron chi connectivity index (χ4n) is 2.89. The predicted molar refractivity (Wildman–Crippen MR) is 96.1 cm³/mol. The third kappa shape index (κ3) is 3.84.